The molecule has 3 heteroatoms. The van der Waals surface area contributed by atoms with Crippen molar-refractivity contribution in [3.63, 3.8) is 0 Å². The summed E-state index contributed by atoms with van der Waals surface area (Å²) in [6.45, 7) is 2.23. The second kappa shape index (κ2) is 9.64. The molecule has 3 aromatic rings. The minimum atomic E-state index is 0.160. The van der Waals surface area contributed by atoms with E-state index in [1.807, 2.05) is 36.4 Å². The molecule has 27 heavy (non-hydrogen) atoms. The summed E-state index contributed by atoms with van der Waals surface area (Å²) >= 11 is 19.0. The average Bonchev–Trinajstić information content (AvgIpc) is 2.65. The van der Waals surface area contributed by atoms with Gasteiger partial charge in [0.15, 0.2) is 0 Å². The molecule has 1 unspecified atom stereocenters. The molecule has 0 radical (unpaired) electrons. The number of rotatable bonds is 7. The molecule has 0 bridgehead atoms. The maximum absolute atomic E-state index is 6.34. The van der Waals surface area contributed by atoms with Gasteiger partial charge in [-0.2, -0.15) is 0 Å². The van der Waals surface area contributed by atoms with Crippen LogP contribution < -0.4 is 0 Å². The molecule has 3 aromatic carbocycles. The van der Waals surface area contributed by atoms with Crippen LogP contribution in [0.15, 0.2) is 72.8 Å². The van der Waals surface area contributed by atoms with Crippen molar-refractivity contribution in [3.05, 3.63) is 105 Å². The highest BCUT2D eigenvalue weighted by Gasteiger charge is 2.27. The third-order valence-electron chi connectivity index (χ3n) is 4.96. The summed E-state index contributed by atoms with van der Waals surface area (Å²) in [7, 11) is 0. The van der Waals surface area contributed by atoms with Crippen LogP contribution in [0.4, 0.5) is 0 Å². The van der Waals surface area contributed by atoms with E-state index in [1.54, 1.807) is 0 Å². The molecule has 0 heterocycles. The first-order valence-electron chi connectivity index (χ1n) is 9.35. The van der Waals surface area contributed by atoms with Crippen LogP contribution in [0.1, 0.15) is 54.7 Å². The van der Waals surface area contributed by atoms with Crippen LogP contribution in [-0.4, -0.2) is 0 Å². The minimum Gasteiger partial charge on any atom is -0.0843 e. The summed E-state index contributed by atoms with van der Waals surface area (Å²) in [4.78, 5) is 0. The first kappa shape index (κ1) is 20.3. The van der Waals surface area contributed by atoms with Crippen LogP contribution in [0, 0.1) is 0 Å². The predicted octanol–water partition coefficient (Wildman–Crippen LogP) is 8.75. The molecule has 0 spiro atoms. The van der Waals surface area contributed by atoms with Gasteiger partial charge in [0.25, 0.3) is 0 Å². The van der Waals surface area contributed by atoms with E-state index in [9.17, 15) is 0 Å². The number of hydrogen-bond donors (Lipinski definition) is 0. The van der Waals surface area contributed by atoms with Gasteiger partial charge in [-0.15, -0.1) is 0 Å². The van der Waals surface area contributed by atoms with Gasteiger partial charge in [0.1, 0.15) is 0 Å². The number of halogens is 3. The van der Waals surface area contributed by atoms with E-state index in [1.165, 1.54) is 16.7 Å². The van der Waals surface area contributed by atoms with Crippen molar-refractivity contribution in [2.24, 2.45) is 0 Å². The fourth-order valence-corrected chi connectivity index (χ4v) is 4.34. The molecule has 0 nitrogen and oxygen atoms in total. The third kappa shape index (κ3) is 5.29. The van der Waals surface area contributed by atoms with Crippen LogP contribution in [0.3, 0.4) is 0 Å². The van der Waals surface area contributed by atoms with E-state index >= 15 is 0 Å². The number of unbranched alkanes of at least 4 members (excludes halogenated alkanes) is 1. The zero-order valence-corrected chi connectivity index (χ0v) is 17.6. The zero-order valence-electron chi connectivity index (χ0n) is 15.3. The Balaban J connectivity index is 2.15. The van der Waals surface area contributed by atoms with Crippen molar-refractivity contribution in [2.75, 3.05) is 0 Å². The number of hydrogen-bond acceptors (Lipinski definition) is 0. The fraction of sp³-hybridized carbons (Fsp3) is 0.250. The summed E-state index contributed by atoms with van der Waals surface area (Å²) in [6, 6.07) is 24.5. The molecule has 0 aromatic heterocycles. The minimum absolute atomic E-state index is 0.160. The van der Waals surface area contributed by atoms with Crippen molar-refractivity contribution >= 4 is 34.8 Å². The standard InChI is InChI=1S/C24H23Cl3/c1-2-3-13-23(17-7-4-10-20(25)14-17)24(18-8-5-11-21(26)15-18)19-9-6-12-22(27)16-19/h4-12,14-16,23-24H,2-3,13H2,1H3. The molecular weight excluding hydrogens is 395 g/mol. The lowest BCUT2D eigenvalue weighted by atomic mass is 9.75. The predicted molar refractivity (Wildman–Crippen MR) is 118 cm³/mol. The van der Waals surface area contributed by atoms with Crippen molar-refractivity contribution in [1.29, 1.82) is 0 Å². The second-order valence-electron chi connectivity index (χ2n) is 6.89. The van der Waals surface area contributed by atoms with Crippen LogP contribution in [0.5, 0.6) is 0 Å². The van der Waals surface area contributed by atoms with Gasteiger partial charge in [-0.05, 0) is 65.4 Å². The maximum atomic E-state index is 6.34. The lowest BCUT2D eigenvalue weighted by Gasteiger charge is -2.29. The van der Waals surface area contributed by atoms with E-state index in [4.69, 9.17) is 34.8 Å². The Labute approximate surface area is 177 Å². The summed E-state index contributed by atoms with van der Waals surface area (Å²) in [5.74, 6) is 0.452. The van der Waals surface area contributed by atoms with Gasteiger partial charge in [0, 0.05) is 21.0 Å². The van der Waals surface area contributed by atoms with Crippen LogP contribution in [0.2, 0.25) is 15.1 Å². The molecular formula is C24H23Cl3. The smallest absolute Gasteiger partial charge is 0.0408 e. The van der Waals surface area contributed by atoms with Crippen molar-refractivity contribution < 1.29 is 0 Å². The van der Waals surface area contributed by atoms with Gasteiger partial charge in [-0.1, -0.05) is 91.0 Å². The topological polar surface area (TPSA) is 0 Å². The quantitative estimate of drug-likeness (QED) is 0.360. The van der Waals surface area contributed by atoms with Crippen molar-refractivity contribution in [1.82, 2.24) is 0 Å². The van der Waals surface area contributed by atoms with Gasteiger partial charge in [-0.3, -0.25) is 0 Å². The molecule has 0 aliphatic heterocycles. The maximum Gasteiger partial charge on any atom is 0.0408 e. The van der Waals surface area contributed by atoms with E-state index < -0.39 is 0 Å². The van der Waals surface area contributed by atoms with Gasteiger partial charge in [0.05, 0.1) is 0 Å². The highest BCUT2D eigenvalue weighted by atomic mass is 35.5. The molecule has 0 saturated heterocycles. The summed E-state index contributed by atoms with van der Waals surface area (Å²) in [5, 5.41) is 2.27. The number of benzene rings is 3. The molecule has 0 aliphatic carbocycles. The Morgan fingerprint density at radius 1 is 0.667 bits per heavy atom. The fourth-order valence-electron chi connectivity index (χ4n) is 3.74. The zero-order chi connectivity index (χ0) is 19.2. The molecule has 0 amide bonds. The van der Waals surface area contributed by atoms with Crippen LogP contribution >= 0.6 is 34.8 Å². The average molecular weight is 418 g/mol. The molecule has 140 valence electrons. The highest BCUT2D eigenvalue weighted by Crippen LogP contribution is 2.43. The van der Waals surface area contributed by atoms with E-state index in [0.29, 0.717) is 5.92 Å². The molecule has 3 rings (SSSR count). The first-order chi connectivity index (χ1) is 13.1. The Hall–Kier alpha value is -1.47. The normalized spacial score (nSPS) is 12.3. The second-order valence-corrected chi connectivity index (χ2v) is 8.20. The first-order valence-corrected chi connectivity index (χ1v) is 10.5. The summed E-state index contributed by atoms with van der Waals surface area (Å²) in [6.07, 6.45) is 3.37. The SMILES string of the molecule is CCCCC(c1cccc(Cl)c1)C(c1cccc(Cl)c1)c1cccc(Cl)c1. The monoisotopic (exact) mass is 416 g/mol. The largest absolute Gasteiger partial charge is 0.0843 e. The van der Waals surface area contributed by atoms with Gasteiger partial charge >= 0.3 is 0 Å². The van der Waals surface area contributed by atoms with Crippen molar-refractivity contribution in [2.45, 2.75) is 38.0 Å². The van der Waals surface area contributed by atoms with Gasteiger partial charge < -0.3 is 0 Å². The Bertz CT molecular complexity index is 843. The van der Waals surface area contributed by atoms with Gasteiger partial charge in [-0.25, -0.2) is 0 Å². The molecule has 0 aliphatic rings. The Kier molecular flexibility index (Phi) is 7.24. The molecule has 0 N–H and O–H groups in total. The van der Waals surface area contributed by atoms with Crippen LogP contribution in [-0.2, 0) is 0 Å². The van der Waals surface area contributed by atoms with Gasteiger partial charge in [0.2, 0.25) is 0 Å². The van der Waals surface area contributed by atoms with E-state index in [0.717, 1.165) is 34.3 Å². The molecule has 0 fully saturated rings. The Morgan fingerprint density at radius 2 is 1.11 bits per heavy atom. The third-order valence-corrected chi connectivity index (χ3v) is 5.67. The highest BCUT2D eigenvalue weighted by molar-refractivity contribution is 6.31. The lowest BCUT2D eigenvalue weighted by molar-refractivity contribution is 0.532. The lowest BCUT2D eigenvalue weighted by Crippen LogP contribution is -2.13. The molecule has 1 atom stereocenters. The summed E-state index contributed by atoms with van der Waals surface area (Å²) < 4.78 is 0. The van der Waals surface area contributed by atoms with Crippen molar-refractivity contribution in [3.8, 4) is 0 Å². The van der Waals surface area contributed by atoms with Crippen LogP contribution in [0.25, 0.3) is 0 Å². The Morgan fingerprint density at radius 3 is 1.56 bits per heavy atom. The molecule has 0 saturated carbocycles. The van der Waals surface area contributed by atoms with E-state index in [2.05, 4.69) is 43.3 Å². The summed E-state index contributed by atoms with van der Waals surface area (Å²) in [5.41, 5.74) is 3.65. The van der Waals surface area contributed by atoms with E-state index in [-0.39, 0.29) is 5.92 Å².